The van der Waals surface area contributed by atoms with Crippen molar-refractivity contribution >= 4 is 112 Å². The average Bonchev–Trinajstić information content (AvgIpc) is 1.64. The van der Waals surface area contributed by atoms with Gasteiger partial charge in [0.2, 0.25) is 88.6 Å². The number of nitrogens with two attached hydrogens (primary N) is 4. The molecule has 3 rings (SSSR count). The third kappa shape index (κ3) is 36.5. The minimum atomic E-state index is -2.01. The van der Waals surface area contributed by atoms with Gasteiger partial charge in [0.15, 0.2) is 0 Å². The molecule has 0 aliphatic carbocycles. The van der Waals surface area contributed by atoms with Gasteiger partial charge in [0.05, 0.1) is 32.0 Å². The van der Waals surface area contributed by atoms with Crippen molar-refractivity contribution in [3.63, 3.8) is 0 Å². The molecule has 1 fully saturated rings. The van der Waals surface area contributed by atoms with Gasteiger partial charge >= 0.3 is 23.9 Å². The van der Waals surface area contributed by atoms with E-state index in [1.807, 2.05) is 5.32 Å². The van der Waals surface area contributed by atoms with Gasteiger partial charge < -0.3 is 128 Å². The Morgan fingerprint density at radius 2 is 0.892 bits per heavy atom. The molecule has 0 spiro atoms. The van der Waals surface area contributed by atoms with Crippen molar-refractivity contribution < 1.29 is 122 Å². The lowest BCUT2D eigenvalue weighted by Crippen LogP contribution is -2.61. The van der Waals surface area contributed by atoms with Gasteiger partial charge in [0, 0.05) is 32.2 Å². The lowest BCUT2D eigenvalue weighted by Gasteiger charge is -2.32. The Labute approximate surface area is 692 Å². The minimum Gasteiger partial charge on any atom is -0.508 e. The van der Waals surface area contributed by atoms with Crippen LogP contribution in [0.1, 0.15) is 156 Å². The Bertz CT molecular complexity index is 3870. The van der Waals surface area contributed by atoms with E-state index in [4.69, 9.17) is 28.0 Å². The molecular weight excluding hydrogens is 1580 g/mol. The van der Waals surface area contributed by atoms with Crippen molar-refractivity contribution in [1.29, 1.82) is 0 Å². The first kappa shape index (κ1) is 102. The number of phenolic OH excluding ortho intramolecular Hbond substituents is 1. The number of nitrogens with one attached hydrogen (secondary N) is 13. The molecule has 0 bridgehead atoms. The number of rotatable bonds is 55. The SMILES string of the molecule is CC(C)C[C@H](NC(=O)[C@@H](N)CC(N)=O)C(=O)N[C@@H](CCCCN)C(=O)N1CCC[C@H]1C(=O)N[C@H](C(=O)N[C@H](C(=O)N[C@@H](C)C(=O)N[C@@H](CCC(=O)O)C(=O)N[C@@H](Cc1ccccc1)C(=O)N[C@@H](Cc1ccc(O)cc1)C(=O)NCC(=O)N[C@@H](CO)C(=O)N[C@@H](CCCCN)C(=O)N[C@@H](CCC(=O)O)C(=O)N[C@@H](CC(=O)O)C(=O)O)C(C)C)C(C)C. The van der Waals surface area contributed by atoms with Gasteiger partial charge in [0.25, 0.3) is 0 Å². The quantitative estimate of drug-likeness (QED) is 0.0274. The maximum Gasteiger partial charge on any atom is 0.326 e. The number of benzene rings is 2. The Kier molecular flexibility index (Phi) is 44.3. The summed E-state index contributed by atoms with van der Waals surface area (Å²) in [7, 11) is 0. The lowest BCUT2D eigenvalue weighted by molar-refractivity contribution is -0.147. The number of amides is 15. The second-order valence-corrected chi connectivity index (χ2v) is 30.2. The number of carboxylic acid groups (broad SMARTS) is 4. The predicted molar refractivity (Wildman–Crippen MR) is 426 cm³/mol. The van der Waals surface area contributed by atoms with Crippen molar-refractivity contribution in [2.24, 2.45) is 40.7 Å². The first-order chi connectivity index (χ1) is 56.5. The van der Waals surface area contributed by atoms with Gasteiger partial charge in [-0.05, 0) is 132 Å². The molecule has 666 valence electrons. The van der Waals surface area contributed by atoms with Gasteiger partial charge in [-0.25, -0.2) is 4.79 Å². The summed E-state index contributed by atoms with van der Waals surface area (Å²) in [6.45, 7) is 9.46. The molecule has 2 aromatic rings. The number of carboxylic acids is 4. The maximum atomic E-state index is 14.7. The van der Waals surface area contributed by atoms with Crippen molar-refractivity contribution in [3.05, 3.63) is 65.7 Å². The smallest absolute Gasteiger partial charge is 0.326 e. The number of aromatic hydroxyl groups is 1. The zero-order chi connectivity index (χ0) is 90.2. The Hall–Kier alpha value is -12.0. The molecule has 27 N–H and O–H groups in total. The summed E-state index contributed by atoms with van der Waals surface area (Å²) in [6, 6.07) is -8.32. The average molecular weight is 1700 g/mol. The highest BCUT2D eigenvalue weighted by atomic mass is 16.4. The monoisotopic (exact) mass is 1690 g/mol. The number of likely N-dealkylation sites (tertiary alicyclic amines) is 1. The molecule has 43 nitrogen and oxygen atoms in total. The first-order valence-corrected chi connectivity index (χ1v) is 39.5. The molecule has 0 saturated carbocycles. The predicted octanol–water partition coefficient (Wildman–Crippen LogP) is -5.78. The van der Waals surface area contributed by atoms with Crippen LogP contribution in [0, 0.1) is 17.8 Å². The number of carbonyl (C=O) groups excluding carboxylic acids is 15. The van der Waals surface area contributed by atoms with Crippen molar-refractivity contribution in [2.75, 3.05) is 32.8 Å². The molecule has 0 unspecified atom stereocenters. The fourth-order valence-corrected chi connectivity index (χ4v) is 12.5. The van der Waals surface area contributed by atoms with E-state index in [-0.39, 0.29) is 82.7 Å². The standard InChI is InChI=1S/C77H118N18O25/c1-39(2)32-51(89-65(107)46(80)35-57(81)98)70(112)88-50(19-12-14-30-79)76(118)95-31-15-20-56(95)73(115)93-63(41(5)6)75(117)94-62(40(3)4)74(116)83-42(7)64(106)85-48(25-27-59(100)101)68(110)91-53(33-43-16-9-8-10-17-43)71(113)90-52(34-44-21-23-45(97)24-22-44)66(108)82-37-58(99)84-55(38-96)72(114)86-47(18-11-13-29-78)67(109)87-49(26-28-60(102)103)69(111)92-54(77(119)120)36-61(104)105/h8-10,16-17,21-24,39-42,46-56,62-63,96-97H,11-15,18-20,25-38,78-80H2,1-7H3,(H2,81,98)(H,82,108)(H,83,116)(H,84,99)(H,85,106)(H,86,114)(H,87,109)(H,88,112)(H,89,107)(H,90,113)(H,91,110)(H,92,111)(H,93,115)(H,94,117)(H,100,101)(H,102,103)(H,104,105)(H,119,120)/t42-,46-,47-,48-,49-,50-,51-,52-,53-,54-,55-,56-,62-,63-/m0/s1. The van der Waals surface area contributed by atoms with Crippen LogP contribution in [0.5, 0.6) is 5.75 Å². The van der Waals surface area contributed by atoms with E-state index in [1.165, 1.54) is 36.1 Å². The molecule has 0 radical (unpaired) electrons. The number of primary amides is 1. The normalized spacial score (nSPS) is 15.7. The Morgan fingerprint density at radius 3 is 1.38 bits per heavy atom. The molecule has 1 heterocycles. The van der Waals surface area contributed by atoms with Crippen LogP contribution in [-0.2, 0) is 104 Å². The number of phenols is 1. The van der Waals surface area contributed by atoms with Crippen LogP contribution in [-0.4, -0.2) is 265 Å². The zero-order valence-corrected chi connectivity index (χ0v) is 68.3. The summed E-state index contributed by atoms with van der Waals surface area (Å²) in [6.07, 6.45) is -3.36. The molecule has 1 aliphatic heterocycles. The Balaban J connectivity index is 1.87. The second-order valence-electron chi connectivity index (χ2n) is 30.2. The van der Waals surface area contributed by atoms with Gasteiger partial charge in [-0.3, -0.25) is 86.3 Å². The number of carbonyl (C=O) groups is 19. The van der Waals surface area contributed by atoms with Crippen LogP contribution in [0.25, 0.3) is 0 Å². The van der Waals surface area contributed by atoms with E-state index in [0.717, 1.165) is 0 Å². The van der Waals surface area contributed by atoms with E-state index in [1.54, 1.807) is 71.9 Å². The molecule has 43 heteroatoms. The van der Waals surface area contributed by atoms with Crippen LogP contribution < -0.4 is 92.1 Å². The maximum absolute atomic E-state index is 14.7. The first-order valence-electron chi connectivity index (χ1n) is 39.5. The third-order valence-corrected chi connectivity index (χ3v) is 19.1. The molecular formula is C77H118N18O25. The third-order valence-electron chi connectivity index (χ3n) is 19.1. The number of hydrogen-bond acceptors (Lipinski definition) is 24. The van der Waals surface area contributed by atoms with E-state index in [2.05, 4.69) is 63.8 Å². The van der Waals surface area contributed by atoms with Gasteiger partial charge in [-0.1, -0.05) is 84.0 Å². The number of nitrogens with zero attached hydrogens (tertiary/aromatic N) is 1. The molecule has 2 aromatic carbocycles. The van der Waals surface area contributed by atoms with E-state index in [0.29, 0.717) is 30.4 Å². The topological polar surface area (TPSA) is 709 Å². The van der Waals surface area contributed by atoms with Crippen molar-refractivity contribution in [2.45, 2.75) is 242 Å². The summed E-state index contributed by atoms with van der Waals surface area (Å²) < 4.78 is 0. The lowest BCUT2D eigenvalue weighted by atomic mass is 9.99. The molecule has 0 aromatic heterocycles. The van der Waals surface area contributed by atoms with Crippen LogP contribution in [0.4, 0.5) is 0 Å². The Morgan fingerprint density at radius 1 is 0.450 bits per heavy atom. The summed E-state index contributed by atoms with van der Waals surface area (Å²) in [5, 5.41) is 89.9. The van der Waals surface area contributed by atoms with Crippen molar-refractivity contribution in [1.82, 2.24) is 74.0 Å². The van der Waals surface area contributed by atoms with Crippen LogP contribution in [0.2, 0.25) is 0 Å². The van der Waals surface area contributed by atoms with Gasteiger partial charge in [-0.15, -0.1) is 0 Å². The molecule has 120 heavy (non-hydrogen) atoms. The molecule has 15 amide bonds. The highest BCUT2D eigenvalue weighted by Gasteiger charge is 2.42. The van der Waals surface area contributed by atoms with E-state index in [9.17, 15) is 117 Å². The fraction of sp³-hybridized carbons (Fsp3) is 0.597. The van der Waals surface area contributed by atoms with E-state index < -0.39 is 261 Å². The second kappa shape index (κ2) is 52.0. The summed E-state index contributed by atoms with van der Waals surface area (Å²) in [4.78, 5) is 256. The number of aliphatic hydroxyl groups is 1. The van der Waals surface area contributed by atoms with E-state index >= 15 is 0 Å². The van der Waals surface area contributed by atoms with Crippen LogP contribution in [0.15, 0.2) is 54.6 Å². The molecule has 14 atom stereocenters. The summed E-state index contributed by atoms with van der Waals surface area (Å²) in [5.74, 6) is -22.7. The highest BCUT2D eigenvalue weighted by molar-refractivity contribution is 6.01. The number of unbranched alkanes of at least 4 members (excludes halogenated alkanes) is 2. The van der Waals surface area contributed by atoms with Crippen LogP contribution >= 0.6 is 0 Å². The largest absolute Gasteiger partial charge is 0.508 e. The van der Waals surface area contributed by atoms with Crippen LogP contribution in [0.3, 0.4) is 0 Å². The molecule has 1 saturated heterocycles. The zero-order valence-electron chi connectivity index (χ0n) is 68.3. The number of aliphatic hydroxyl groups excluding tert-OH is 1. The molecule has 1 aliphatic rings. The fourth-order valence-electron chi connectivity index (χ4n) is 12.5. The highest BCUT2D eigenvalue weighted by Crippen LogP contribution is 2.23. The van der Waals surface area contributed by atoms with Gasteiger partial charge in [0.1, 0.15) is 84.3 Å². The van der Waals surface area contributed by atoms with Crippen molar-refractivity contribution in [3.8, 4) is 5.75 Å². The summed E-state index contributed by atoms with van der Waals surface area (Å²) in [5.41, 5.74) is 23.2. The number of hydrogen-bond donors (Lipinski definition) is 23. The van der Waals surface area contributed by atoms with Gasteiger partial charge in [-0.2, -0.15) is 0 Å². The number of aliphatic carboxylic acids is 4. The summed E-state index contributed by atoms with van der Waals surface area (Å²) >= 11 is 0. The minimum absolute atomic E-state index is 0.0779.